The number of benzene rings is 2. The molecule has 0 heterocycles. The molecule has 0 aliphatic carbocycles. The van der Waals surface area contributed by atoms with Crippen LogP contribution in [0.5, 0.6) is 0 Å². The Hall–Kier alpha value is -1.73. The van der Waals surface area contributed by atoms with Crippen molar-refractivity contribution >= 4 is 22.8 Å². The summed E-state index contributed by atoms with van der Waals surface area (Å²) < 4.78 is 0. The van der Waals surface area contributed by atoms with Crippen LogP contribution < -0.4 is 0 Å². The number of aryl methyl sites for hydroxylation is 4. The third-order valence-corrected chi connectivity index (χ3v) is 5.87. The second-order valence-corrected chi connectivity index (χ2v) is 7.89. The Morgan fingerprint density at radius 1 is 0.613 bits per heavy atom. The third-order valence-electron chi connectivity index (χ3n) is 5.87. The Labute approximate surface area is 200 Å². The summed E-state index contributed by atoms with van der Waals surface area (Å²) in [6, 6.07) is 13.3. The van der Waals surface area contributed by atoms with Gasteiger partial charge in [0.25, 0.3) is 0 Å². The third kappa shape index (κ3) is 7.72. The second-order valence-electron chi connectivity index (χ2n) is 7.89. The molecule has 2 aromatic rings. The topological polar surface area (TPSA) is 24.7 Å². The molecule has 0 radical (unpaired) electrons. The summed E-state index contributed by atoms with van der Waals surface area (Å²) in [5.41, 5.74) is 10.1. The molecule has 31 heavy (non-hydrogen) atoms. The fraction of sp³-hybridized carbons (Fsp3) is 0.500. The molecule has 0 bridgehead atoms. The van der Waals surface area contributed by atoms with Gasteiger partial charge in [0.2, 0.25) is 0 Å². The molecule has 0 aliphatic heterocycles. The van der Waals surface area contributed by atoms with Gasteiger partial charge in [-0.05, 0) is 91.5 Å². The van der Waals surface area contributed by atoms with Crippen LogP contribution in [0.2, 0.25) is 0 Å². The molecule has 2 rings (SSSR count). The summed E-state index contributed by atoms with van der Waals surface area (Å²) in [7, 11) is 0. The minimum Gasteiger partial charge on any atom is -0.252 e. The number of nitrogens with zero attached hydrogens (tertiary/aromatic N) is 2. The van der Waals surface area contributed by atoms with E-state index in [1.165, 1.54) is 22.3 Å². The maximum absolute atomic E-state index is 5.11. The van der Waals surface area contributed by atoms with E-state index in [0.717, 1.165) is 74.2 Å². The second kappa shape index (κ2) is 14.4. The zero-order valence-electron chi connectivity index (χ0n) is 20.3. The van der Waals surface area contributed by atoms with Crippen molar-refractivity contribution < 1.29 is 16.5 Å². The molecule has 2 nitrogen and oxygen atoms in total. The summed E-state index contributed by atoms with van der Waals surface area (Å²) in [5.74, 6) is 0. The van der Waals surface area contributed by atoms with Crippen molar-refractivity contribution in [1.29, 1.82) is 0 Å². The van der Waals surface area contributed by atoms with Gasteiger partial charge in [0.15, 0.2) is 0 Å². The van der Waals surface area contributed by atoms with Gasteiger partial charge in [-0.2, -0.15) is 0 Å². The predicted molar refractivity (Wildman–Crippen MR) is 134 cm³/mol. The molecule has 0 aromatic heterocycles. The van der Waals surface area contributed by atoms with Crippen molar-refractivity contribution in [3.63, 3.8) is 0 Å². The van der Waals surface area contributed by atoms with Crippen molar-refractivity contribution in [2.24, 2.45) is 9.98 Å². The molecule has 2 aromatic carbocycles. The Morgan fingerprint density at radius 3 is 1.45 bits per heavy atom. The minimum absolute atomic E-state index is 0. The molecular formula is C28H40N2Ni. The van der Waals surface area contributed by atoms with E-state index in [2.05, 4.69) is 77.9 Å². The van der Waals surface area contributed by atoms with Gasteiger partial charge >= 0.3 is 0 Å². The molecule has 0 spiro atoms. The largest absolute Gasteiger partial charge is 0.252 e. The SMILES string of the molecule is CCCCC(=Nc1ccc(CC)c(CC)c1)C(CC)=Nc1ccc(CC)c(CC)c1.[Ni]. The van der Waals surface area contributed by atoms with Crippen LogP contribution >= 0.6 is 0 Å². The smallest absolute Gasteiger partial charge is 0.0636 e. The molecule has 0 aliphatic rings. The van der Waals surface area contributed by atoms with Crippen LogP contribution in [0.3, 0.4) is 0 Å². The number of hydrogen-bond donors (Lipinski definition) is 0. The van der Waals surface area contributed by atoms with E-state index in [0.29, 0.717) is 0 Å². The Balaban J connectivity index is 0.00000480. The van der Waals surface area contributed by atoms with Crippen molar-refractivity contribution in [2.45, 2.75) is 92.9 Å². The Kier molecular flexibility index (Phi) is 12.6. The summed E-state index contributed by atoms with van der Waals surface area (Å²) in [4.78, 5) is 10.2. The quantitative estimate of drug-likeness (QED) is 0.236. The average molecular weight is 463 g/mol. The molecule has 0 amide bonds. The first-order chi connectivity index (χ1) is 14.6. The monoisotopic (exact) mass is 462 g/mol. The summed E-state index contributed by atoms with van der Waals surface area (Å²) in [6.45, 7) is 13.3. The van der Waals surface area contributed by atoms with Gasteiger partial charge < -0.3 is 0 Å². The minimum atomic E-state index is 0. The van der Waals surface area contributed by atoms with Gasteiger partial charge in [0, 0.05) is 16.5 Å². The molecule has 3 heteroatoms. The zero-order chi connectivity index (χ0) is 21.9. The van der Waals surface area contributed by atoms with Gasteiger partial charge in [-0.1, -0.05) is 60.1 Å². The van der Waals surface area contributed by atoms with E-state index < -0.39 is 0 Å². The standard InChI is InChI=1S/C28H40N2.Ni/c1-7-13-14-28(30-26-18-16-22(9-3)24(11-5)20-26)27(12-6)29-25-17-15-21(8-2)23(10-4)19-25;/h15-20H,7-14H2,1-6H3;. The molecule has 0 atom stereocenters. The van der Waals surface area contributed by atoms with Crippen LogP contribution in [0.4, 0.5) is 11.4 Å². The van der Waals surface area contributed by atoms with Gasteiger partial charge in [-0.3, -0.25) is 9.98 Å². The predicted octanol–water partition coefficient (Wildman–Crippen LogP) is 8.38. The Bertz CT molecular complexity index is 881. The number of unbranched alkanes of at least 4 members (excludes halogenated alkanes) is 1. The number of hydrogen-bond acceptors (Lipinski definition) is 2. The molecule has 0 saturated carbocycles. The van der Waals surface area contributed by atoms with E-state index >= 15 is 0 Å². The van der Waals surface area contributed by atoms with Crippen LogP contribution in [0.15, 0.2) is 46.4 Å². The van der Waals surface area contributed by atoms with Gasteiger partial charge in [-0.25, -0.2) is 0 Å². The molecular weight excluding hydrogens is 423 g/mol. The maximum Gasteiger partial charge on any atom is 0.0636 e. The fourth-order valence-corrected chi connectivity index (χ4v) is 3.98. The molecule has 172 valence electrons. The van der Waals surface area contributed by atoms with Crippen molar-refractivity contribution in [3.05, 3.63) is 58.7 Å². The first kappa shape index (κ1) is 27.3. The first-order valence-electron chi connectivity index (χ1n) is 12.0. The first-order valence-corrected chi connectivity index (χ1v) is 12.0. The van der Waals surface area contributed by atoms with Crippen molar-refractivity contribution in [1.82, 2.24) is 0 Å². The van der Waals surface area contributed by atoms with E-state index in [9.17, 15) is 0 Å². The summed E-state index contributed by atoms with van der Waals surface area (Å²) >= 11 is 0. The number of aliphatic imine (C=N–C) groups is 2. The van der Waals surface area contributed by atoms with Crippen LogP contribution in [-0.2, 0) is 42.2 Å². The van der Waals surface area contributed by atoms with E-state index in [4.69, 9.17) is 9.98 Å². The Morgan fingerprint density at radius 2 is 1.06 bits per heavy atom. The average Bonchev–Trinajstić information content (AvgIpc) is 2.79. The zero-order valence-corrected chi connectivity index (χ0v) is 21.3. The van der Waals surface area contributed by atoms with Gasteiger partial charge in [-0.15, -0.1) is 0 Å². The normalized spacial score (nSPS) is 12.1. The van der Waals surface area contributed by atoms with Crippen LogP contribution in [0.1, 0.15) is 89.5 Å². The molecule has 0 unspecified atom stereocenters. The van der Waals surface area contributed by atoms with Crippen LogP contribution in [-0.4, -0.2) is 11.4 Å². The van der Waals surface area contributed by atoms with Gasteiger partial charge in [0.1, 0.15) is 0 Å². The van der Waals surface area contributed by atoms with Crippen LogP contribution in [0.25, 0.3) is 0 Å². The van der Waals surface area contributed by atoms with Crippen molar-refractivity contribution in [2.75, 3.05) is 0 Å². The summed E-state index contributed by atoms with van der Waals surface area (Å²) in [6.07, 6.45) is 8.43. The van der Waals surface area contributed by atoms with Crippen LogP contribution in [0, 0.1) is 0 Å². The van der Waals surface area contributed by atoms with E-state index in [1.54, 1.807) is 0 Å². The summed E-state index contributed by atoms with van der Waals surface area (Å²) in [5, 5.41) is 0. The van der Waals surface area contributed by atoms with Crippen molar-refractivity contribution in [3.8, 4) is 0 Å². The van der Waals surface area contributed by atoms with E-state index in [-0.39, 0.29) is 16.5 Å². The molecule has 0 saturated heterocycles. The van der Waals surface area contributed by atoms with E-state index in [1.807, 2.05) is 0 Å². The molecule has 0 fully saturated rings. The van der Waals surface area contributed by atoms with Gasteiger partial charge in [0.05, 0.1) is 22.8 Å². The number of rotatable bonds is 11. The molecule has 0 N–H and O–H groups in total. The maximum atomic E-state index is 5.11. The fourth-order valence-electron chi connectivity index (χ4n) is 3.98.